The van der Waals surface area contributed by atoms with Crippen molar-refractivity contribution in [2.45, 2.75) is 113 Å². The number of nitrogens with one attached hydrogen (secondary N) is 4. The minimum absolute atomic E-state index is 0.0113. The van der Waals surface area contributed by atoms with Crippen molar-refractivity contribution in [1.82, 2.24) is 20.6 Å². The summed E-state index contributed by atoms with van der Waals surface area (Å²) in [5.41, 5.74) is 13.6. The van der Waals surface area contributed by atoms with Crippen LogP contribution in [0.5, 0.6) is 0 Å². The molecule has 2 aromatic heterocycles. The summed E-state index contributed by atoms with van der Waals surface area (Å²) in [6.45, 7) is 25.5. The maximum atomic E-state index is 13.6. The molecule has 5 N–H and O–H groups in total. The number of aromatic nitrogens is 2. The molecule has 1 aliphatic carbocycles. The Morgan fingerprint density at radius 2 is 1.58 bits per heavy atom. The first-order valence-electron chi connectivity index (χ1n) is 21.6. The molecular formula is C50H66N4O5. The Kier molecular flexibility index (Phi) is 13.5. The summed E-state index contributed by atoms with van der Waals surface area (Å²) in [5.74, 6) is -1.42. The highest BCUT2D eigenvalue weighted by atomic mass is 16.5. The van der Waals surface area contributed by atoms with Gasteiger partial charge < -0.3 is 35.2 Å². The van der Waals surface area contributed by atoms with Crippen molar-refractivity contribution in [2.75, 3.05) is 13.7 Å². The van der Waals surface area contributed by atoms with Gasteiger partial charge in [0.1, 0.15) is 18.3 Å². The Morgan fingerprint density at radius 3 is 2.27 bits per heavy atom. The van der Waals surface area contributed by atoms with Crippen LogP contribution < -0.4 is 21.2 Å². The largest absolute Gasteiger partial charge is 0.510 e. The molecule has 0 spiro atoms. The minimum Gasteiger partial charge on any atom is -0.510 e. The van der Waals surface area contributed by atoms with Gasteiger partial charge >= 0.3 is 11.9 Å². The summed E-state index contributed by atoms with van der Waals surface area (Å²) in [7, 11) is 1.36. The Morgan fingerprint density at radius 1 is 0.881 bits per heavy atom. The zero-order chi connectivity index (χ0) is 42.7. The molecule has 0 saturated carbocycles. The van der Waals surface area contributed by atoms with Crippen LogP contribution in [0.3, 0.4) is 0 Å². The number of ether oxygens (including phenoxy) is 2. The standard InChI is InChI=1S/C50H66N4O5/c1-12-34-30(7)37-24-39-32(9)36(20-21-43(55)59-23-22-29(6)19-15-18-28(5)17-14-16-27(3)4)47(53-39)45-46(50(57)58-11)49(56)44-33(10)40(54-48(44)45)26-42-35(13-2)31(8)38(52-42)25-41(34)51-37/h12,18,22,24-26,31-32,35-36,46-47,51-54,56H,1,3,13-17,19-21,23H2,2,4-11H3/b28-18+,29-22+,38-25-,39-24-,42-26-/t31-,32+,35?,36+,46-,47?/m1/s1. The Balaban J connectivity index is 1.32. The maximum Gasteiger partial charge on any atom is 0.320 e. The lowest BCUT2D eigenvalue weighted by Crippen LogP contribution is -2.38. The number of carbonyl (C=O) groups excluding carboxylic acids is 2. The van der Waals surface area contributed by atoms with Crippen LogP contribution >= 0.6 is 0 Å². The number of hydrogen-bond acceptors (Lipinski definition) is 7. The second kappa shape index (κ2) is 18.4. The van der Waals surface area contributed by atoms with Crippen LogP contribution in [-0.2, 0) is 19.1 Å². The fraction of sp³-hybridized carbons (Fsp3) is 0.480. The van der Waals surface area contributed by atoms with E-state index in [9.17, 15) is 14.7 Å². The second-order valence-electron chi connectivity index (χ2n) is 17.4. The molecule has 2 unspecified atom stereocenters. The van der Waals surface area contributed by atoms with E-state index >= 15 is 0 Å². The summed E-state index contributed by atoms with van der Waals surface area (Å²) < 4.78 is 11.1. The molecule has 4 aliphatic rings. The van der Waals surface area contributed by atoms with E-state index in [1.165, 1.54) is 23.8 Å². The van der Waals surface area contributed by atoms with Crippen molar-refractivity contribution in [1.29, 1.82) is 0 Å². The minimum atomic E-state index is -0.990. The van der Waals surface area contributed by atoms with E-state index < -0.39 is 17.9 Å². The predicted molar refractivity (Wildman–Crippen MR) is 241 cm³/mol. The van der Waals surface area contributed by atoms with Crippen molar-refractivity contribution in [2.24, 2.45) is 29.6 Å². The van der Waals surface area contributed by atoms with E-state index in [0.717, 1.165) is 100 Å². The zero-order valence-corrected chi connectivity index (χ0v) is 36.8. The molecule has 6 rings (SSSR count). The molecule has 0 aromatic carbocycles. The SMILES string of the molecule is C=Cc1c2[nH]c(c1C)/C=C1\NC(C3=c4[nH]c(c(C)c4=C(O)[C@@H]3C(=O)OC)/C=C3\N/C(=C\2)[C@H](C)C3CC)[C@@H](CCC(=O)OC/C=C(\C)CC/C=C(\C)CCCC(=C)C)[C@@H]1C. The quantitative estimate of drug-likeness (QED) is 0.0898. The molecular weight excluding hydrogens is 737 g/mol. The van der Waals surface area contributed by atoms with Crippen LogP contribution in [0.25, 0.3) is 35.6 Å². The van der Waals surface area contributed by atoms with Gasteiger partial charge in [-0.25, -0.2) is 0 Å². The number of aromatic amines is 2. The second-order valence-corrected chi connectivity index (χ2v) is 17.4. The van der Waals surface area contributed by atoms with Crippen molar-refractivity contribution in [3.05, 3.63) is 103 Å². The van der Waals surface area contributed by atoms with Crippen LogP contribution in [0.15, 0.2) is 59.1 Å². The molecule has 2 fully saturated rings. The molecule has 59 heavy (non-hydrogen) atoms. The first kappa shape index (κ1) is 43.4. The summed E-state index contributed by atoms with van der Waals surface area (Å²) in [6.07, 6.45) is 19.6. The number of carbonyl (C=O) groups is 2. The number of hydrogen-bond donors (Lipinski definition) is 5. The summed E-state index contributed by atoms with van der Waals surface area (Å²) in [4.78, 5) is 34.3. The topological polar surface area (TPSA) is 128 Å². The summed E-state index contributed by atoms with van der Waals surface area (Å²) in [5, 5.41) is 20.8. The molecule has 0 radical (unpaired) electrons. The average Bonchev–Trinajstić information content (AvgIpc) is 3.94. The lowest BCUT2D eigenvalue weighted by molar-refractivity contribution is -0.143. The highest BCUT2D eigenvalue weighted by Crippen LogP contribution is 2.43. The average molecular weight is 803 g/mol. The molecule has 9 nitrogen and oxygen atoms in total. The highest BCUT2D eigenvalue weighted by Gasteiger charge is 2.47. The molecule has 8 bridgehead atoms. The van der Waals surface area contributed by atoms with Crippen molar-refractivity contribution in [3.8, 4) is 0 Å². The van der Waals surface area contributed by atoms with Crippen LogP contribution in [0.4, 0.5) is 0 Å². The molecule has 5 heterocycles. The molecule has 2 saturated heterocycles. The first-order chi connectivity index (χ1) is 28.2. The third-order valence-electron chi connectivity index (χ3n) is 13.3. The van der Waals surface area contributed by atoms with Crippen molar-refractivity contribution >= 4 is 47.6 Å². The van der Waals surface area contributed by atoms with E-state index in [-0.39, 0.29) is 48.4 Å². The number of rotatable bonds is 15. The Labute approximate surface area is 350 Å². The van der Waals surface area contributed by atoms with Gasteiger partial charge in [0, 0.05) is 69.1 Å². The van der Waals surface area contributed by atoms with E-state index in [1.807, 2.05) is 19.1 Å². The monoisotopic (exact) mass is 803 g/mol. The highest BCUT2D eigenvalue weighted by molar-refractivity contribution is 5.96. The first-order valence-corrected chi connectivity index (χ1v) is 21.6. The normalized spacial score (nSPS) is 26.3. The number of allylic oxidation sites excluding steroid dienone is 7. The number of esters is 2. The lowest BCUT2D eigenvalue weighted by Gasteiger charge is -2.26. The van der Waals surface area contributed by atoms with Gasteiger partial charge in [0.25, 0.3) is 0 Å². The fourth-order valence-corrected chi connectivity index (χ4v) is 9.69. The summed E-state index contributed by atoms with van der Waals surface area (Å²) in [6, 6.07) is -0.393. The third-order valence-corrected chi connectivity index (χ3v) is 13.3. The molecule has 2 aromatic rings. The van der Waals surface area contributed by atoms with Crippen LogP contribution in [-0.4, -0.2) is 46.8 Å². The van der Waals surface area contributed by atoms with Gasteiger partial charge in [0.2, 0.25) is 0 Å². The molecule has 316 valence electrons. The van der Waals surface area contributed by atoms with Gasteiger partial charge in [0.15, 0.2) is 0 Å². The number of methoxy groups -OCH3 is 1. The van der Waals surface area contributed by atoms with E-state index in [1.54, 1.807) is 0 Å². The number of H-pyrrole nitrogens is 2. The van der Waals surface area contributed by atoms with E-state index in [0.29, 0.717) is 11.6 Å². The fourth-order valence-electron chi connectivity index (χ4n) is 9.69. The molecule has 6 atom stereocenters. The van der Waals surface area contributed by atoms with Gasteiger partial charge in [-0.1, -0.05) is 56.2 Å². The lowest BCUT2D eigenvalue weighted by atomic mass is 9.80. The molecule has 3 aliphatic heterocycles. The Bertz CT molecular complexity index is 2290. The van der Waals surface area contributed by atoms with Crippen LogP contribution in [0, 0.1) is 43.4 Å². The molecule has 0 amide bonds. The summed E-state index contributed by atoms with van der Waals surface area (Å²) >= 11 is 0. The number of aliphatic hydroxyl groups excluding tert-OH is 1. The van der Waals surface area contributed by atoms with Gasteiger partial charge in [-0.3, -0.25) is 9.59 Å². The molecule has 9 heteroatoms. The van der Waals surface area contributed by atoms with Gasteiger partial charge in [-0.2, -0.15) is 0 Å². The van der Waals surface area contributed by atoms with Gasteiger partial charge in [-0.05, 0) is 126 Å². The van der Waals surface area contributed by atoms with E-state index in [4.69, 9.17) is 9.47 Å². The van der Waals surface area contributed by atoms with Gasteiger partial charge in [-0.15, -0.1) is 6.58 Å². The number of aliphatic hydroxyl groups is 1. The Hall–Kier alpha value is -5.18. The van der Waals surface area contributed by atoms with E-state index in [2.05, 4.69) is 107 Å². The predicted octanol–water partition coefficient (Wildman–Crippen LogP) is 9.19. The van der Waals surface area contributed by atoms with Gasteiger partial charge in [0.05, 0.1) is 18.5 Å². The van der Waals surface area contributed by atoms with Crippen molar-refractivity contribution < 1.29 is 24.2 Å². The smallest absolute Gasteiger partial charge is 0.320 e. The van der Waals surface area contributed by atoms with Crippen LogP contribution in [0.1, 0.15) is 127 Å². The zero-order valence-electron chi connectivity index (χ0n) is 36.8. The maximum absolute atomic E-state index is 13.6. The number of fused-ring (bicyclic) bond motifs is 8. The third kappa shape index (κ3) is 8.90. The van der Waals surface area contributed by atoms with Crippen LogP contribution in [0.2, 0.25) is 0 Å². The van der Waals surface area contributed by atoms with Crippen molar-refractivity contribution in [3.63, 3.8) is 0 Å².